The van der Waals surface area contributed by atoms with Gasteiger partial charge in [-0.3, -0.25) is 4.98 Å². The van der Waals surface area contributed by atoms with E-state index in [1.54, 1.807) is 0 Å². The molecule has 2 fully saturated rings. The van der Waals surface area contributed by atoms with Crippen molar-refractivity contribution in [2.75, 3.05) is 6.54 Å². The molecule has 0 amide bonds. The molecule has 0 bridgehead atoms. The zero-order valence-electron chi connectivity index (χ0n) is 16.2. The first-order chi connectivity index (χ1) is 14.4. The van der Waals surface area contributed by atoms with Crippen LogP contribution in [0.25, 0.3) is 11.6 Å². The maximum absolute atomic E-state index is 13.0. The number of pyridine rings is 1. The second kappa shape index (κ2) is 7.19. The Morgan fingerprint density at radius 3 is 2.63 bits per heavy atom. The van der Waals surface area contributed by atoms with Crippen LogP contribution < -0.4 is 5.32 Å². The van der Waals surface area contributed by atoms with E-state index >= 15 is 0 Å². The van der Waals surface area contributed by atoms with Crippen LogP contribution in [0.3, 0.4) is 0 Å². The Kier molecular flexibility index (Phi) is 4.61. The van der Waals surface area contributed by atoms with Crippen molar-refractivity contribution in [3.05, 3.63) is 65.6 Å². The highest BCUT2D eigenvalue weighted by molar-refractivity contribution is 5.48. The van der Waals surface area contributed by atoms with Crippen molar-refractivity contribution in [3.8, 4) is 11.6 Å². The molecule has 2 aromatic heterocycles. The van der Waals surface area contributed by atoms with Gasteiger partial charge >= 0.3 is 6.18 Å². The van der Waals surface area contributed by atoms with E-state index in [-0.39, 0.29) is 17.0 Å². The summed E-state index contributed by atoms with van der Waals surface area (Å²) in [6, 6.07) is 12.7. The van der Waals surface area contributed by atoms with E-state index in [1.165, 1.54) is 5.56 Å². The number of hydrogen-bond donors (Lipinski definition) is 1. The minimum atomic E-state index is -4.45. The molecule has 5 nitrogen and oxygen atoms in total. The van der Waals surface area contributed by atoms with Crippen LogP contribution in [0.2, 0.25) is 0 Å². The summed E-state index contributed by atoms with van der Waals surface area (Å²) in [5.41, 5.74) is 0.369. The molecular formula is C22H21F3N4O. The van der Waals surface area contributed by atoms with Crippen LogP contribution in [0.1, 0.15) is 48.6 Å². The lowest BCUT2D eigenvalue weighted by Gasteiger charge is -2.39. The molecule has 0 radical (unpaired) electrons. The van der Waals surface area contributed by atoms with Crippen LogP contribution in [-0.4, -0.2) is 27.7 Å². The first kappa shape index (κ1) is 19.2. The summed E-state index contributed by atoms with van der Waals surface area (Å²) >= 11 is 0. The van der Waals surface area contributed by atoms with E-state index in [4.69, 9.17) is 4.52 Å². The lowest BCUT2D eigenvalue weighted by molar-refractivity contribution is -0.137. The number of halogens is 3. The highest BCUT2D eigenvalue weighted by Crippen LogP contribution is 2.45. The summed E-state index contributed by atoms with van der Waals surface area (Å²) in [7, 11) is 0. The molecule has 30 heavy (non-hydrogen) atoms. The summed E-state index contributed by atoms with van der Waals surface area (Å²) in [6.45, 7) is 0.732. The van der Waals surface area contributed by atoms with Gasteiger partial charge in [-0.25, -0.2) is 0 Å². The molecular weight excluding hydrogens is 393 g/mol. The van der Waals surface area contributed by atoms with Gasteiger partial charge in [0.25, 0.3) is 5.89 Å². The lowest BCUT2D eigenvalue weighted by Crippen LogP contribution is -2.45. The average molecular weight is 414 g/mol. The van der Waals surface area contributed by atoms with Crippen molar-refractivity contribution in [1.29, 1.82) is 0 Å². The van der Waals surface area contributed by atoms with Gasteiger partial charge in [0.1, 0.15) is 5.69 Å². The van der Waals surface area contributed by atoms with Crippen LogP contribution in [0.4, 0.5) is 13.2 Å². The molecule has 3 aromatic rings. The third kappa shape index (κ3) is 3.60. The smallest absolute Gasteiger partial charge is 0.332 e. The van der Waals surface area contributed by atoms with Crippen molar-refractivity contribution in [1.82, 2.24) is 20.4 Å². The fourth-order valence-electron chi connectivity index (χ4n) is 4.17. The largest absolute Gasteiger partial charge is 0.416 e. The standard InChI is InChI=1S/C22H21F3N4O/c23-22(24,25)15-7-10-26-18(11-15)19-28-20(29-30-19)21(8-4-9-21)13-27-17-12-16(17)14-5-2-1-3-6-14/h1-3,5-7,10-11,16-17,27H,4,8-9,12-13H2. The van der Waals surface area contributed by atoms with E-state index in [2.05, 4.69) is 44.7 Å². The minimum absolute atomic E-state index is 0.0240. The van der Waals surface area contributed by atoms with Crippen LogP contribution in [0.5, 0.6) is 0 Å². The van der Waals surface area contributed by atoms with E-state index in [1.807, 2.05) is 6.07 Å². The molecule has 8 heteroatoms. The molecule has 2 atom stereocenters. The van der Waals surface area contributed by atoms with Crippen LogP contribution in [-0.2, 0) is 11.6 Å². The van der Waals surface area contributed by atoms with Crippen molar-refractivity contribution < 1.29 is 17.7 Å². The molecule has 2 aliphatic rings. The monoisotopic (exact) mass is 414 g/mol. The van der Waals surface area contributed by atoms with Crippen LogP contribution in [0.15, 0.2) is 53.2 Å². The molecule has 0 aliphatic heterocycles. The molecule has 156 valence electrons. The van der Waals surface area contributed by atoms with Gasteiger partial charge in [0.2, 0.25) is 0 Å². The minimum Gasteiger partial charge on any atom is -0.332 e. The Labute approximate surface area is 171 Å². The molecule has 2 heterocycles. The quantitative estimate of drug-likeness (QED) is 0.633. The predicted octanol–water partition coefficient (Wildman–Crippen LogP) is 4.72. The third-order valence-corrected chi connectivity index (χ3v) is 6.24. The Bertz CT molecular complexity index is 1030. The summed E-state index contributed by atoms with van der Waals surface area (Å²) in [6.07, 6.45) is 0.694. The normalized spacial score (nSPS) is 22.5. The van der Waals surface area contributed by atoms with Gasteiger partial charge in [-0.15, -0.1) is 0 Å². The SMILES string of the molecule is FC(F)(F)c1ccnc(-c2nc(C3(CNC4CC4c4ccccc4)CCC3)no2)c1. The van der Waals surface area contributed by atoms with E-state index in [0.717, 1.165) is 50.6 Å². The number of benzene rings is 1. The van der Waals surface area contributed by atoms with E-state index < -0.39 is 11.7 Å². The van der Waals surface area contributed by atoms with Crippen molar-refractivity contribution in [2.45, 2.75) is 49.2 Å². The fraction of sp³-hybridized carbons (Fsp3) is 0.409. The number of nitrogens with zero attached hydrogens (tertiary/aromatic N) is 3. The van der Waals surface area contributed by atoms with Crippen molar-refractivity contribution in [3.63, 3.8) is 0 Å². The summed E-state index contributed by atoms with van der Waals surface area (Å²) < 4.78 is 44.2. The molecule has 5 rings (SSSR count). The summed E-state index contributed by atoms with van der Waals surface area (Å²) in [4.78, 5) is 8.40. The van der Waals surface area contributed by atoms with Gasteiger partial charge in [-0.2, -0.15) is 18.2 Å². The molecule has 0 saturated heterocycles. The maximum atomic E-state index is 13.0. The Morgan fingerprint density at radius 1 is 1.13 bits per heavy atom. The molecule has 0 spiro atoms. The second-order valence-electron chi connectivity index (χ2n) is 8.22. The van der Waals surface area contributed by atoms with Gasteiger partial charge in [0, 0.05) is 30.1 Å². The number of nitrogens with one attached hydrogen (secondary N) is 1. The predicted molar refractivity (Wildman–Crippen MR) is 104 cm³/mol. The first-order valence-electron chi connectivity index (χ1n) is 10.1. The van der Waals surface area contributed by atoms with Gasteiger partial charge in [-0.05, 0) is 37.0 Å². The molecule has 2 unspecified atom stereocenters. The number of hydrogen-bond acceptors (Lipinski definition) is 5. The number of rotatable bonds is 6. The van der Waals surface area contributed by atoms with Crippen LogP contribution >= 0.6 is 0 Å². The van der Waals surface area contributed by atoms with Gasteiger partial charge in [0.05, 0.1) is 5.56 Å². The molecule has 2 aliphatic carbocycles. The third-order valence-electron chi connectivity index (χ3n) is 6.24. The van der Waals surface area contributed by atoms with E-state index in [0.29, 0.717) is 17.8 Å². The Balaban J connectivity index is 1.29. The van der Waals surface area contributed by atoms with Gasteiger partial charge in [0.15, 0.2) is 5.82 Å². The van der Waals surface area contributed by atoms with E-state index in [9.17, 15) is 13.2 Å². The van der Waals surface area contributed by atoms with Crippen LogP contribution in [0, 0.1) is 0 Å². The lowest BCUT2D eigenvalue weighted by atomic mass is 9.68. The topological polar surface area (TPSA) is 63.8 Å². The number of aromatic nitrogens is 3. The molecule has 1 aromatic carbocycles. The zero-order valence-corrected chi connectivity index (χ0v) is 16.2. The Morgan fingerprint density at radius 2 is 1.93 bits per heavy atom. The molecule has 2 saturated carbocycles. The summed E-state index contributed by atoms with van der Waals surface area (Å²) in [5, 5.41) is 7.75. The number of alkyl halides is 3. The second-order valence-corrected chi connectivity index (χ2v) is 8.22. The highest BCUT2D eigenvalue weighted by atomic mass is 19.4. The first-order valence-corrected chi connectivity index (χ1v) is 10.1. The Hall–Kier alpha value is -2.74. The van der Waals surface area contributed by atoms with Crippen molar-refractivity contribution in [2.24, 2.45) is 0 Å². The zero-order chi connectivity index (χ0) is 20.8. The maximum Gasteiger partial charge on any atom is 0.416 e. The average Bonchev–Trinajstić information content (AvgIpc) is 3.33. The fourth-order valence-corrected chi connectivity index (χ4v) is 4.17. The molecule has 1 N–H and O–H groups in total. The van der Waals surface area contributed by atoms with Gasteiger partial charge < -0.3 is 9.84 Å². The van der Waals surface area contributed by atoms with Gasteiger partial charge in [-0.1, -0.05) is 41.9 Å². The highest BCUT2D eigenvalue weighted by Gasteiger charge is 2.46. The van der Waals surface area contributed by atoms with Crippen molar-refractivity contribution >= 4 is 0 Å². The summed E-state index contributed by atoms with van der Waals surface area (Å²) in [5.74, 6) is 1.10.